The largest absolute Gasteiger partial charge is 0.490 e. The summed E-state index contributed by atoms with van der Waals surface area (Å²) in [7, 11) is 1.33. The summed E-state index contributed by atoms with van der Waals surface area (Å²) in [6.07, 6.45) is 1.00. The van der Waals surface area contributed by atoms with Crippen LogP contribution in [0, 0.1) is 10.1 Å². The Morgan fingerprint density at radius 1 is 1.50 bits per heavy atom. The Morgan fingerprint density at radius 2 is 2.25 bits per heavy atom. The van der Waals surface area contributed by atoms with Crippen molar-refractivity contribution in [2.24, 2.45) is 0 Å². The maximum atomic E-state index is 12.2. The first-order chi connectivity index (χ1) is 11.4. The van der Waals surface area contributed by atoms with Crippen molar-refractivity contribution in [1.82, 2.24) is 10.2 Å². The van der Waals surface area contributed by atoms with Crippen molar-refractivity contribution in [3.8, 4) is 5.75 Å². The van der Waals surface area contributed by atoms with Gasteiger partial charge in [0.05, 0.1) is 12.0 Å². The first kappa shape index (κ1) is 18.1. The van der Waals surface area contributed by atoms with Crippen LogP contribution < -0.4 is 10.1 Å². The second kappa shape index (κ2) is 8.06. The van der Waals surface area contributed by atoms with E-state index in [0.29, 0.717) is 10.4 Å². The number of aromatic nitrogens is 2. The number of methoxy groups -OCH3 is 1. The molecule has 0 aliphatic rings. The highest BCUT2D eigenvalue weighted by Crippen LogP contribution is 2.31. The van der Waals surface area contributed by atoms with Gasteiger partial charge in [0.1, 0.15) is 0 Å². The van der Waals surface area contributed by atoms with Gasteiger partial charge in [-0.05, 0) is 18.6 Å². The van der Waals surface area contributed by atoms with Crippen LogP contribution in [0.4, 0.5) is 10.8 Å². The maximum absolute atomic E-state index is 12.2. The quantitative estimate of drug-likeness (QED) is 0.344. The molecule has 0 bridgehead atoms. The molecule has 1 unspecified atom stereocenters. The van der Waals surface area contributed by atoms with E-state index in [4.69, 9.17) is 4.74 Å². The fourth-order valence-electron chi connectivity index (χ4n) is 1.71. The summed E-state index contributed by atoms with van der Waals surface area (Å²) in [4.78, 5) is 22.7. The number of benzene rings is 1. The highest BCUT2D eigenvalue weighted by molar-refractivity contribution is 8.01. The second-order valence-corrected chi connectivity index (χ2v) is 7.47. The first-order valence-corrected chi connectivity index (χ1v) is 8.78. The van der Waals surface area contributed by atoms with Crippen LogP contribution >= 0.6 is 23.1 Å². The number of nitro groups is 1. The van der Waals surface area contributed by atoms with Crippen LogP contribution in [-0.4, -0.2) is 33.4 Å². The van der Waals surface area contributed by atoms with Crippen molar-refractivity contribution < 1.29 is 14.5 Å². The summed E-state index contributed by atoms with van der Waals surface area (Å²) in [5.74, 6) is -0.392. The number of anilines is 1. The number of amides is 1. The Morgan fingerprint density at radius 3 is 2.88 bits per heavy atom. The Bertz CT molecular complexity index is 750. The van der Waals surface area contributed by atoms with Crippen molar-refractivity contribution in [2.75, 3.05) is 12.4 Å². The molecule has 2 rings (SSSR count). The van der Waals surface area contributed by atoms with Crippen molar-refractivity contribution in [3.63, 3.8) is 0 Å². The van der Waals surface area contributed by atoms with Gasteiger partial charge in [0.15, 0.2) is 10.1 Å². The van der Waals surface area contributed by atoms with Gasteiger partial charge in [0, 0.05) is 16.9 Å². The normalized spacial score (nSPS) is 11.8. The number of rotatable bonds is 7. The van der Waals surface area contributed by atoms with E-state index < -0.39 is 10.8 Å². The third-order valence-electron chi connectivity index (χ3n) is 3.14. The third kappa shape index (κ3) is 4.42. The molecule has 24 heavy (non-hydrogen) atoms. The van der Waals surface area contributed by atoms with Gasteiger partial charge in [-0.3, -0.25) is 20.2 Å². The number of nitro benzene ring substituents is 1. The number of hydrogen-bond donors (Lipinski definition) is 1. The third-order valence-corrected chi connectivity index (χ3v) is 5.33. The molecule has 0 radical (unpaired) electrons. The van der Waals surface area contributed by atoms with Gasteiger partial charge in [-0.2, -0.15) is 0 Å². The summed E-state index contributed by atoms with van der Waals surface area (Å²) >= 11 is 2.85. The minimum atomic E-state index is -0.596. The fraction of sp³-hybridized carbons (Fsp3) is 0.357. The summed E-state index contributed by atoms with van der Waals surface area (Å²) in [6.45, 7) is 4.17. The zero-order valence-electron chi connectivity index (χ0n) is 13.3. The molecule has 0 saturated heterocycles. The van der Waals surface area contributed by atoms with Gasteiger partial charge in [0.25, 0.3) is 5.91 Å². The average Bonchev–Trinajstić information content (AvgIpc) is 3.00. The van der Waals surface area contributed by atoms with E-state index in [1.54, 1.807) is 11.8 Å². The molecule has 0 fully saturated rings. The number of nitrogens with zero attached hydrogens (tertiary/aromatic N) is 3. The molecule has 1 aromatic carbocycles. The lowest BCUT2D eigenvalue weighted by Crippen LogP contribution is -2.12. The second-order valence-electron chi connectivity index (χ2n) is 4.81. The molecule has 0 saturated carbocycles. The average molecular weight is 368 g/mol. The number of thioether (sulfide) groups is 1. The standard InChI is InChI=1S/C14H16N4O4S2/c1-4-8(2)23-14-17-16-13(24-14)15-12(19)9-5-6-11(22-3)10(7-9)18(20)21/h5-8H,4H2,1-3H3,(H,15,16,19). The zero-order valence-corrected chi connectivity index (χ0v) is 14.9. The topological polar surface area (TPSA) is 107 Å². The van der Waals surface area contributed by atoms with Crippen LogP contribution in [0.3, 0.4) is 0 Å². The lowest BCUT2D eigenvalue weighted by molar-refractivity contribution is -0.385. The summed E-state index contributed by atoms with van der Waals surface area (Å²) in [6, 6.07) is 4.01. The lowest BCUT2D eigenvalue weighted by Gasteiger charge is -2.04. The predicted octanol–water partition coefficient (Wildman–Crippen LogP) is 3.60. The molecule has 10 heteroatoms. The molecule has 128 valence electrons. The van der Waals surface area contributed by atoms with Gasteiger partial charge < -0.3 is 4.74 Å². The molecule has 2 aromatic rings. The molecular weight excluding hydrogens is 352 g/mol. The smallest absolute Gasteiger partial charge is 0.311 e. The number of carbonyl (C=O) groups excluding carboxylic acids is 1. The monoisotopic (exact) mass is 368 g/mol. The maximum Gasteiger partial charge on any atom is 0.311 e. The molecule has 0 spiro atoms. The van der Waals surface area contributed by atoms with Crippen LogP contribution in [0.2, 0.25) is 0 Å². The Balaban J connectivity index is 2.12. The van der Waals surface area contributed by atoms with Crippen molar-refractivity contribution in [1.29, 1.82) is 0 Å². The van der Waals surface area contributed by atoms with E-state index in [1.165, 1.54) is 36.6 Å². The number of hydrogen-bond acceptors (Lipinski definition) is 8. The highest BCUT2D eigenvalue weighted by atomic mass is 32.2. The minimum absolute atomic E-state index is 0.0969. The van der Waals surface area contributed by atoms with E-state index in [0.717, 1.165) is 10.8 Å². The van der Waals surface area contributed by atoms with E-state index >= 15 is 0 Å². The van der Waals surface area contributed by atoms with Crippen LogP contribution in [0.5, 0.6) is 5.75 Å². The highest BCUT2D eigenvalue weighted by Gasteiger charge is 2.19. The van der Waals surface area contributed by atoms with E-state index in [-0.39, 0.29) is 17.0 Å². The molecule has 0 aliphatic heterocycles. The number of ether oxygens (including phenoxy) is 1. The molecule has 0 aliphatic carbocycles. The van der Waals surface area contributed by atoms with E-state index in [9.17, 15) is 14.9 Å². The molecule has 1 N–H and O–H groups in total. The zero-order chi connectivity index (χ0) is 17.7. The minimum Gasteiger partial charge on any atom is -0.490 e. The predicted molar refractivity (Wildman–Crippen MR) is 93.1 cm³/mol. The first-order valence-electron chi connectivity index (χ1n) is 7.08. The Hall–Kier alpha value is -2.20. The van der Waals surface area contributed by atoms with Crippen molar-refractivity contribution >= 4 is 39.8 Å². The van der Waals surface area contributed by atoms with Crippen molar-refractivity contribution in [2.45, 2.75) is 29.9 Å². The summed E-state index contributed by atoms with van der Waals surface area (Å²) < 4.78 is 5.68. The Labute approximate surface area is 146 Å². The van der Waals surface area contributed by atoms with Gasteiger partial charge in [0.2, 0.25) is 5.13 Å². The van der Waals surface area contributed by atoms with Crippen LogP contribution in [0.25, 0.3) is 0 Å². The molecule has 1 atom stereocenters. The number of nitrogens with one attached hydrogen (secondary N) is 1. The van der Waals surface area contributed by atoms with Crippen LogP contribution in [0.1, 0.15) is 30.6 Å². The molecule has 8 nitrogen and oxygen atoms in total. The fourth-order valence-corrected chi connectivity index (χ4v) is 3.70. The van der Waals surface area contributed by atoms with E-state index in [1.807, 2.05) is 0 Å². The summed E-state index contributed by atoms with van der Waals surface area (Å²) in [5.41, 5.74) is -0.121. The molecular formula is C14H16N4O4S2. The van der Waals surface area contributed by atoms with Crippen molar-refractivity contribution in [3.05, 3.63) is 33.9 Å². The summed E-state index contributed by atoms with van der Waals surface area (Å²) in [5, 5.41) is 22.3. The van der Waals surface area contributed by atoms with Gasteiger partial charge >= 0.3 is 5.69 Å². The number of carbonyl (C=O) groups is 1. The lowest BCUT2D eigenvalue weighted by atomic mass is 10.2. The molecule has 1 aromatic heterocycles. The molecule has 1 heterocycles. The van der Waals surface area contributed by atoms with Gasteiger partial charge in [-0.15, -0.1) is 10.2 Å². The SMILES string of the molecule is CCC(C)Sc1nnc(NC(=O)c2ccc(OC)c([N+](=O)[O-])c2)s1. The van der Waals surface area contributed by atoms with Gasteiger partial charge in [-0.1, -0.05) is 36.9 Å². The Kier molecular flexibility index (Phi) is 6.10. The van der Waals surface area contributed by atoms with Crippen LogP contribution in [-0.2, 0) is 0 Å². The van der Waals surface area contributed by atoms with Crippen LogP contribution in [0.15, 0.2) is 22.5 Å². The van der Waals surface area contributed by atoms with E-state index in [2.05, 4.69) is 29.4 Å². The van der Waals surface area contributed by atoms with Gasteiger partial charge in [-0.25, -0.2) is 0 Å². The molecule has 1 amide bonds.